The van der Waals surface area contributed by atoms with Gasteiger partial charge in [-0.25, -0.2) is 14.4 Å². The number of methoxy groups -OCH3 is 2. The quantitative estimate of drug-likeness (QED) is 0.128. The van der Waals surface area contributed by atoms with Crippen molar-refractivity contribution in [3.8, 4) is 0 Å². The third-order valence-corrected chi connectivity index (χ3v) is 4.57. The van der Waals surface area contributed by atoms with Crippen LogP contribution in [0.1, 0.15) is 27.7 Å². The molecule has 0 aromatic carbocycles. The summed E-state index contributed by atoms with van der Waals surface area (Å²) in [5.74, 6) is 0. The molecule has 17 heteroatoms. The predicted molar refractivity (Wildman–Crippen MR) is 143 cm³/mol. The number of aliphatic hydroxyl groups excluding tert-OH is 2. The first-order chi connectivity index (χ1) is 19.4. The molecule has 0 bridgehead atoms. The van der Waals surface area contributed by atoms with E-state index >= 15 is 0 Å². The first-order valence-corrected chi connectivity index (χ1v) is 13.2. The molecule has 16 nitrogen and oxygen atoms in total. The second kappa shape index (κ2) is 24.1. The Morgan fingerprint density at radius 1 is 0.902 bits per heavy atom. The monoisotopic (exact) mass is 620 g/mol. The Labute approximate surface area is 245 Å². The van der Waals surface area contributed by atoms with Crippen LogP contribution in [0.4, 0.5) is 14.4 Å². The summed E-state index contributed by atoms with van der Waals surface area (Å²) in [5.41, 5.74) is -0.486. The molecule has 0 saturated carbocycles. The number of thiol groups is 1. The van der Waals surface area contributed by atoms with Gasteiger partial charge in [0.1, 0.15) is 31.5 Å². The highest BCUT2D eigenvalue weighted by molar-refractivity contribution is 7.79. The highest BCUT2D eigenvalue weighted by atomic mass is 32.1. The molecular formula is C24H44O16S. The Bertz CT molecular complexity index is 716. The Morgan fingerprint density at radius 2 is 1.41 bits per heavy atom. The van der Waals surface area contributed by atoms with E-state index in [0.717, 1.165) is 0 Å². The Kier molecular flexibility index (Phi) is 23.8. The maximum absolute atomic E-state index is 10.7. The molecule has 3 saturated heterocycles. The van der Waals surface area contributed by atoms with Gasteiger partial charge in [0.2, 0.25) is 0 Å². The number of cyclic esters (lactones) is 6. The van der Waals surface area contributed by atoms with Crippen LogP contribution in [-0.2, 0) is 52.2 Å². The predicted octanol–water partition coefficient (Wildman–Crippen LogP) is 1.12. The molecule has 3 aliphatic rings. The van der Waals surface area contributed by atoms with E-state index in [1.165, 1.54) is 7.11 Å². The fourth-order valence-corrected chi connectivity index (χ4v) is 2.84. The summed E-state index contributed by atoms with van der Waals surface area (Å²) >= 11 is 3.53. The molecule has 41 heavy (non-hydrogen) atoms. The number of ether oxygens (including phenoxy) is 10. The second-order valence-electron chi connectivity index (χ2n) is 8.67. The lowest BCUT2D eigenvalue weighted by molar-refractivity contribution is -0.138. The van der Waals surface area contributed by atoms with E-state index in [4.69, 9.17) is 29.2 Å². The van der Waals surface area contributed by atoms with Crippen molar-refractivity contribution < 1.29 is 76.8 Å². The zero-order valence-corrected chi connectivity index (χ0v) is 25.4. The van der Waals surface area contributed by atoms with Gasteiger partial charge >= 0.3 is 18.5 Å². The number of rotatable bonds is 11. The maximum Gasteiger partial charge on any atom is 0.508 e. The lowest BCUT2D eigenvalue weighted by Gasteiger charge is -2.30. The third kappa shape index (κ3) is 20.0. The smallest absolute Gasteiger partial charge is 0.460 e. The molecule has 0 aliphatic carbocycles. The largest absolute Gasteiger partial charge is 0.508 e. The summed E-state index contributed by atoms with van der Waals surface area (Å²) in [4.78, 5) is 40.6. The first kappa shape index (κ1) is 40.6. The first-order valence-electron chi connectivity index (χ1n) is 12.3. The van der Waals surface area contributed by atoms with Crippen LogP contribution in [0.5, 0.6) is 0 Å². The van der Waals surface area contributed by atoms with Crippen LogP contribution < -0.4 is 0 Å². The molecule has 0 radical (unpaired) electrons. The topological polar surface area (TPSA) is 201 Å². The van der Waals surface area contributed by atoms with Gasteiger partial charge in [0.05, 0.1) is 32.5 Å². The van der Waals surface area contributed by atoms with Gasteiger partial charge in [-0.3, -0.25) is 4.79 Å². The third-order valence-electron chi connectivity index (χ3n) is 4.57. The molecule has 242 valence electrons. The number of hydrogen-bond donors (Lipinski definition) is 3. The number of aliphatic hydroxyl groups is 2. The second-order valence-corrected chi connectivity index (χ2v) is 8.67. The average molecular weight is 621 g/mol. The minimum atomic E-state index is -0.691. The van der Waals surface area contributed by atoms with Crippen molar-refractivity contribution in [1.82, 2.24) is 0 Å². The molecule has 4 atom stereocenters. The van der Waals surface area contributed by atoms with Gasteiger partial charge in [0.15, 0.2) is 18.3 Å². The Morgan fingerprint density at radius 3 is 1.73 bits per heavy atom. The lowest BCUT2D eigenvalue weighted by Crippen LogP contribution is -2.42. The van der Waals surface area contributed by atoms with Crippen molar-refractivity contribution in [2.75, 3.05) is 66.7 Å². The number of carbonyl (C=O) groups is 4. The summed E-state index contributed by atoms with van der Waals surface area (Å²) in [6.07, 6.45) is -1.57. The molecule has 0 amide bonds. The lowest BCUT2D eigenvalue weighted by atomic mass is 10.0. The molecule has 3 heterocycles. The zero-order valence-electron chi connectivity index (χ0n) is 24.5. The highest BCUT2D eigenvalue weighted by Crippen LogP contribution is 2.24. The van der Waals surface area contributed by atoms with Crippen molar-refractivity contribution in [3.63, 3.8) is 0 Å². The summed E-state index contributed by atoms with van der Waals surface area (Å²) in [7, 11) is 3.02. The maximum atomic E-state index is 10.7. The van der Waals surface area contributed by atoms with Gasteiger partial charge in [-0.05, 0) is 34.0 Å². The molecular weight excluding hydrogens is 576 g/mol. The Hall–Kier alpha value is -2.57. The van der Waals surface area contributed by atoms with Crippen LogP contribution in [0.15, 0.2) is 0 Å². The molecule has 4 unspecified atom stereocenters. The summed E-state index contributed by atoms with van der Waals surface area (Å²) in [6.45, 7) is 9.00. The highest BCUT2D eigenvalue weighted by Gasteiger charge is 2.40. The fourth-order valence-electron chi connectivity index (χ4n) is 2.84. The minimum Gasteiger partial charge on any atom is -0.460 e. The van der Waals surface area contributed by atoms with Crippen LogP contribution in [0, 0.1) is 0 Å². The van der Waals surface area contributed by atoms with Crippen molar-refractivity contribution in [3.05, 3.63) is 0 Å². The molecule has 0 aromatic heterocycles. The van der Waals surface area contributed by atoms with Gasteiger partial charge in [-0.15, -0.1) is 0 Å². The van der Waals surface area contributed by atoms with Gasteiger partial charge < -0.3 is 57.6 Å². The molecule has 3 rings (SSSR count). The standard InChI is InChI=1S/C9H16O4.C5H8O4.C5H10O4.C4H6O4.CH4S/c1-6(2)13-9(3,4)7-5-11-8(10)12-7;1-7-2-4-3-8-5(6)9-4;1-8-3-5(2-6)9-4-7;5-1-3-2-7-4(6)8-3;1-2/h6-7H,5H2,1-4H3;4H,2-3H2,1H3;4-6H,2-3H2,1H3;3,5H,1-2H2;2H,1H3. The fraction of sp³-hybridized carbons (Fsp3) is 0.833. The number of carbonyl (C=O) groups excluding carboxylic acids is 4. The van der Waals surface area contributed by atoms with Crippen molar-refractivity contribution in [1.29, 1.82) is 0 Å². The SMILES string of the molecule is CC(C)OC(C)(C)C1COC(=O)O1.COCC(CO)OC=O.COCC1COC(=O)O1.CS.O=C1OCC(CO)O1. The summed E-state index contributed by atoms with van der Waals surface area (Å²) in [6, 6.07) is 0. The van der Waals surface area contributed by atoms with Crippen LogP contribution in [0.2, 0.25) is 0 Å². The van der Waals surface area contributed by atoms with Gasteiger partial charge in [0.25, 0.3) is 6.47 Å². The molecule has 0 spiro atoms. The van der Waals surface area contributed by atoms with Crippen LogP contribution >= 0.6 is 12.6 Å². The van der Waals surface area contributed by atoms with Crippen molar-refractivity contribution >= 4 is 37.6 Å². The van der Waals surface area contributed by atoms with Gasteiger partial charge in [0, 0.05) is 14.2 Å². The van der Waals surface area contributed by atoms with Crippen molar-refractivity contribution in [2.45, 2.75) is 63.8 Å². The molecule has 3 fully saturated rings. The van der Waals surface area contributed by atoms with E-state index in [1.807, 2.05) is 27.7 Å². The molecule has 2 N–H and O–H groups in total. The van der Waals surface area contributed by atoms with E-state index < -0.39 is 36.3 Å². The van der Waals surface area contributed by atoms with E-state index in [-0.39, 0.29) is 51.3 Å². The van der Waals surface area contributed by atoms with E-state index in [0.29, 0.717) is 19.7 Å². The van der Waals surface area contributed by atoms with Crippen molar-refractivity contribution in [2.24, 2.45) is 0 Å². The van der Waals surface area contributed by atoms with Crippen LogP contribution in [-0.4, -0.2) is 138 Å². The number of hydrogen-bond acceptors (Lipinski definition) is 17. The minimum absolute atomic E-state index is 0.106. The average Bonchev–Trinajstić information content (AvgIpc) is 3.67. The normalized spacial score (nSPS) is 21.1. The van der Waals surface area contributed by atoms with E-state index in [9.17, 15) is 19.2 Å². The summed E-state index contributed by atoms with van der Waals surface area (Å²) < 4.78 is 46.8. The molecule has 3 aliphatic heterocycles. The van der Waals surface area contributed by atoms with Gasteiger partial charge in [-0.2, -0.15) is 12.6 Å². The summed E-state index contributed by atoms with van der Waals surface area (Å²) in [5, 5.41) is 16.8. The van der Waals surface area contributed by atoms with Gasteiger partial charge in [-0.1, -0.05) is 0 Å². The molecule has 0 aromatic rings. The van der Waals surface area contributed by atoms with Crippen LogP contribution in [0.25, 0.3) is 0 Å². The van der Waals surface area contributed by atoms with E-state index in [1.54, 1.807) is 13.4 Å². The van der Waals surface area contributed by atoms with Crippen LogP contribution in [0.3, 0.4) is 0 Å². The van der Waals surface area contributed by atoms with E-state index in [2.05, 4.69) is 41.0 Å². The zero-order chi connectivity index (χ0) is 31.8. The Balaban J connectivity index is 0.